The van der Waals surface area contributed by atoms with Gasteiger partial charge in [-0.05, 0) is 30.7 Å². The van der Waals surface area contributed by atoms with Gasteiger partial charge in [-0.1, -0.05) is 30.3 Å². The summed E-state index contributed by atoms with van der Waals surface area (Å²) in [6, 6.07) is 14.8. The Balaban J connectivity index is 1.79. The first-order valence-electron chi connectivity index (χ1n) is 6.60. The van der Waals surface area contributed by atoms with Gasteiger partial charge in [0.2, 0.25) is 5.91 Å². The second kappa shape index (κ2) is 5.58. The van der Waals surface area contributed by atoms with Crippen LogP contribution in [0.25, 0.3) is 11.0 Å². The summed E-state index contributed by atoms with van der Waals surface area (Å²) in [6.45, 7) is 1.89. The lowest BCUT2D eigenvalue weighted by Gasteiger charge is -2.10. The van der Waals surface area contributed by atoms with E-state index < -0.39 is 5.38 Å². The van der Waals surface area contributed by atoms with E-state index in [1.165, 1.54) is 0 Å². The molecule has 21 heavy (non-hydrogen) atoms. The Morgan fingerprint density at radius 2 is 2.00 bits per heavy atom. The van der Waals surface area contributed by atoms with Crippen molar-refractivity contribution in [2.75, 3.05) is 5.32 Å². The smallest absolute Gasteiger partial charge is 0.246 e. The number of carbonyl (C=O) groups is 1. The standard InChI is InChI=1S/C16H14ClN3O/c1-10-18-13-8-7-12(9-14(13)19-10)20-16(21)15(17)11-5-3-2-4-6-11/h2-9,15H,1H3,(H,18,19)(H,20,21). The number of aromatic amines is 1. The zero-order chi connectivity index (χ0) is 14.8. The second-order valence-electron chi connectivity index (χ2n) is 4.82. The normalized spacial score (nSPS) is 12.3. The number of imidazole rings is 1. The molecule has 4 nitrogen and oxygen atoms in total. The van der Waals surface area contributed by atoms with E-state index in [-0.39, 0.29) is 5.91 Å². The van der Waals surface area contributed by atoms with Crippen molar-refractivity contribution in [2.24, 2.45) is 0 Å². The van der Waals surface area contributed by atoms with E-state index in [0.29, 0.717) is 5.69 Å². The summed E-state index contributed by atoms with van der Waals surface area (Å²) in [6.07, 6.45) is 0. The number of halogens is 1. The Kier molecular flexibility index (Phi) is 3.62. The number of nitrogens with one attached hydrogen (secondary N) is 2. The summed E-state index contributed by atoms with van der Waals surface area (Å²) in [4.78, 5) is 19.6. The summed E-state index contributed by atoms with van der Waals surface area (Å²) in [7, 11) is 0. The fraction of sp³-hybridized carbons (Fsp3) is 0.125. The Bertz CT molecular complexity index is 783. The molecule has 0 aliphatic rings. The number of anilines is 1. The minimum atomic E-state index is -0.717. The van der Waals surface area contributed by atoms with Gasteiger partial charge in [-0.3, -0.25) is 4.79 Å². The average molecular weight is 300 g/mol. The SMILES string of the molecule is Cc1nc2ccc(NC(=O)C(Cl)c3ccccc3)cc2[nH]1. The predicted molar refractivity (Wildman–Crippen MR) is 84.5 cm³/mol. The Morgan fingerprint density at radius 1 is 1.24 bits per heavy atom. The van der Waals surface area contributed by atoms with Crippen LogP contribution in [0.1, 0.15) is 16.8 Å². The highest BCUT2D eigenvalue weighted by molar-refractivity contribution is 6.32. The third-order valence-corrected chi connectivity index (χ3v) is 3.64. The predicted octanol–water partition coefficient (Wildman–Crippen LogP) is 3.79. The molecule has 1 atom stereocenters. The van der Waals surface area contributed by atoms with Crippen LogP contribution in [0.4, 0.5) is 5.69 Å². The number of amides is 1. The minimum Gasteiger partial charge on any atom is -0.342 e. The van der Waals surface area contributed by atoms with E-state index in [0.717, 1.165) is 22.4 Å². The highest BCUT2D eigenvalue weighted by atomic mass is 35.5. The molecule has 0 fully saturated rings. The molecule has 1 aromatic heterocycles. The maximum Gasteiger partial charge on any atom is 0.246 e. The van der Waals surface area contributed by atoms with E-state index >= 15 is 0 Å². The van der Waals surface area contributed by atoms with Crippen LogP contribution < -0.4 is 5.32 Å². The number of alkyl halides is 1. The first-order valence-corrected chi connectivity index (χ1v) is 7.03. The van der Waals surface area contributed by atoms with Crippen LogP contribution in [0.5, 0.6) is 0 Å². The van der Waals surface area contributed by atoms with E-state index in [9.17, 15) is 4.79 Å². The largest absolute Gasteiger partial charge is 0.342 e. The van der Waals surface area contributed by atoms with E-state index in [1.54, 1.807) is 0 Å². The number of fused-ring (bicyclic) bond motifs is 1. The van der Waals surface area contributed by atoms with Gasteiger partial charge in [-0.15, -0.1) is 11.6 Å². The van der Waals surface area contributed by atoms with Crippen molar-refractivity contribution in [3.63, 3.8) is 0 Å². The second-order valence-corrected chi connectivity index (χ2v) is 5.25. The van der Waals surface area contributed by atoms with Crippen molar-refractivity contribution in [3.8, 4) is 0 Å². The Morgan fingerprint density at radius 3 is 2.76 bits per heavy atom. The molecule has 0 saturated heterocycles. The molecule has 0 aliphatic carbocycles. The van der Waals surface area contributed by atoms with Crippen LogP contribution in [0.15, 0.2) is 48.5 Å². The highest BCUT2D eigenvalue weighted by Gasteiger charge is 2.17. The van der Waals surface area contributed by atoms with E-state index in [4.69, 9.17) is 11.6 Å². The monoisotopic (exact) mass is 299 g/mol. The molecule has 0 spiro atoms. The third kappa shape index (κ3) is 2.90. The molecule has 1 heterocycles. The molecular weight excluding hydrogens is 286 g/mol. The van der Waals surface area contributed by atoms with Gasteiger partial charge in [-0.25, -0.2) is 4.98 Å². The average Bonchev–Trinajstić information content (AvgIpc) is 2.86. The van der Waals surface area contributed by atoms with Crippen molar-refractivity contribution in [1.29, 1.82) is 0 Å². The van der Waals surface area contributed by atoms with Gasteiger partial charge in [0, 0.05) is 5.69 Å². The summed E-state index contributed by atoms with van der Waals surface area (Å²) >= 11 is 6.20. The fourth-order valence-corrected chi connectivity index (χ4v) is 2.39. The van der Waals surface area contributed by atoms with Crippen molar-refractivity contribution in [2.45, 2.75) is 12.3 Å². The van der Waals surface area contributed by atoms with Crippen LogP contribution >= 0.6 is 11.6 Å². The number of aromatic nitrogens is 2. The summed E-state index contributed by atoms with van der Waals surface area (Å²) in [5, 5.41) is 2.11. The Labute approximate surface area is 127 Å². The quantitative estimate of drug-likeness (QED) is 0.723. The van der Waals surface area contributed by atoms with Gasteiger partial charge in [0.15, 0.2) is 0 Å². The molecule has 106 valence electrons. The highest BCUT2D eigenvalue weighted by Crippen LogP contribution is 2.23. The number of H-pyrrole nitrogens is 1. The molecule has 5 heteroatoms. The first-order chi connectivity index (χ1) is 10.1. The van der Waals surface area contributed by atoms with Gasteiger partial charge >= 0.3 is 0 Å². The van der Waals surface area contributed by atoms with Crippen molar-refractivity contribution >= 4 is 34.2 Å². The van der Waals surface area contributed by atoms with Gasteiger partial charge in [0.1, 0.15) is 11.2 Å². The van der Waals surface area contributed by atoms with Crippen LogP contribution in [0.3, 0.4) is 0 Å². The van der Waals surface area contributed by atoms with Crippen LogP contribution in [0.2, 0.25) is 0 Å². The molecule has 0 radical (unpaired) electrons. The van der Waals surface area contributed by atoms with E-state index in [2.05, 4.69) is 15.3 Å². The molecule has 3 rings (SSSR count). The third-order valence-electron chi connectivity index (χ3n) is 3.19. The Hall–Kier alpha value is -2.33. The summed E-state index contributed by atoms with van der Waals surface area (Å²) in [5.74, 6) is 0.589. The topological polar surface area (TPSA) is 57.8 Å². The fourth-order valence-electron chi connectivity index (χ4n) is 2.19. The van der Waals surface area contributed by atoms with Crippen molar-refractivity contribution < 1.29 is 4.79 Å². The maximum absolute atomic E-state index is 12.2. The number of aryl methyl sites for hydroxylation is 1. The molecular formula is C16H14ClN3O. The minimum absolute atomic E-state index is 0.251. The lowest BCUT2D eigenvalue weighted by molar-refractivity contribution is -0.116. The van der Waals surface area contributed by atoms with Gasteiger partial charge in [0.05, 0.1) is 11.0 Å². The van der Waals surface area contributed by atoms with Gasteiger partial charge < -0.3 is 10.3 Å². The lowest BCUT2D eigenvalue weighted by atomic mass is 10.1. The van der Waals surface area contributed by atoms with Crippen LogP contribution in [-0.4, -0.2) is 15.9 Å². The molecule has 1 unspecified atom stereocenters. The molecule has 0 saturated carbocycles. The van der Waals surface area contributed by atoms with Gasteiger partial charge in [0.25, 0.3) is 0 Å². The van der Waals surface area contributed by atoms with Crippen LogP contribution in [-0.2, 0) is 4.79 Å². The van der Waals surface area contributed by atoms with Crippen LogP contribution in [0, 0.1) is 6.92 Å². The van der Waals surface area contributed by atoms with Crippen molar-refractivity contribution in [3.05, 3.63) is 59.9 Å². The molecule has 2 N–H and O–H groups in total. The summed E-state index contributed by atoms with van der Waals surface area (Å²) in [5.41, 5.74) is 3.22. The number of nitrogens with zero attached hydrogens (tertiary/aromatic N) is 1. The number of hydrogen-bond donors (Lipinski definition) is 2. The summed E-state index contributed by atoms with van der Waals surface area (Å²) < 4.78 is 0. The first kappa shape index (κ1) is 13.6. The number of hydrogen-bond acceptors (Lipinski definition) is 2. The number of benzene rings is 2. The molecule has 1 amide bonds. The van der Waals surface area contributed by atoms with E-state index in [1.807, 2.05) is 55.5 Å². The number of carbonyl (C=O) groups excluding carboxylic acids is 1. The molecule has 0 bridgehead atoms. The molecule has 3 aromatic rings. The van der Waals surface area contributed by atoms with Crippen molar-refractivity contribution in [1.82, 2.24) is 9.97 Å². The number of rotatable bonds is 3. The molecule has 0 aliphatic heterocycles. The zero-order valence-corrected chi connectivity index (χ0v) is 12.2. The zero-order valence-electron chi connectivity index (χ0n) is 11.4. The maximum atomic E-state index is 12.2. The lowest BCUT2D eigenvalue weighted by Crippen LogP contribution is -2.17. The molecule has 2 aromatic carbocycles. The van der Waals surface area contributed by atoms with Gasteiger partial charge in [-0.2, -0.15) is 0 Å².